The summed E-state index contributed by atoms with van der Waals surface area (Å²) in [5, 5.41) is 6.83. The molecule has 0 spiro atoms. The van der Waals surface area contributed by atoms with E-state index in [1.54, 1.807) is 24.0 Å². The largest absolute Gasteiger partial charge is 0.353 e. The zero-order chi connectivity index (χ0) is 27.2. The van der Waals surface area contributed by atoms with E-state index in [9.17, 15) is 9.59 Å². The number of fused-ring (bicyclic) bond motifs is 2. The highest BCUT2D eigenvalue weighted by Crippen LogP contribution is 2.27. The second kappa shape index (κ2) is 9.70. The maximum atomic E-state index is 13.4. The molecule has 0 bridgehead atoms. The number of hydrogen-bond acceptors (Lipinski definition) is 6. The van der Waals surface area contributed by atoms with Crippen molar-refractivity contribution in [2.45, 2.75) is 78.3 Å². The van der Waals surface area contributed by atoms with Crippen LogP contribution in [-0.4, -0.2) is 36.3 Å². The fourth-order valence-corrected chi connectivity index (χ4v) is 5.11. The van der Waals surface area contributed by atoms with Gasteiger partial charge in [-0.05, 0) is 68.5 Å². The summed E-state index contributed by atoms with van der Waals surface area (Å²) in [6.07, 6.45) is 6.03. The highest BCUT2D eigenvalue weighted by atomic mass is 16.1. The van der Waals surface area contributed by atoms with Crippen LogP contribution in [0.15, 0.2) is 47.5 Å². The van der Waals surface area contributed by atoms with E-state index < -0.39 is 0 Å². The molecule has 38 heavy (non-hydrogen) atoms. The van der Waals surface area contributed by atoms with Gasteiger partial charge in [0.2, 0.25) is 11.9 Å². The van der Waals surface area contributed by atoms with E-state index in [1.165, 1.54) is 11.1 Å². The van der Waals surface area contributed by atoms with Crippen molar-refractivity contribution < 1.29 is 4.79 Å². The summed E-state index contributed by atoms with van der Waals surface area (Å²) >= 11 is 0. The number of benzene rings is 1. The highest BCUT2D eigenvalue weighted by Gasteiger charge is 2.23. The number of nitrogens with zero attached hydrogens (tertiary/aromatic N) is 5. The van der Waals surface area contributed by atoms with Gasteiger partial charge >= 0.3 is 0 Å². The number of pyridine rings is 1. The van der Waals surface area contributed by atoms with E-state index >= 15 is 0 Å². The molecule has 0 fully saturated rings. The third-order valence-corrected chi connectivity index (χ3v) is 6.97. The molecule has 1 atom stereocenters. The van der Waals surface area contributed by atoms with E-state index in [4.69, 9.17) is 4.98 Å². The van der Waals surface area contributed by atoms with Crippen LogP contribution >= 0.6 is 0 Å². The van der Waals surface area contributed by atoms with E-state index in [0.717, 1.165) is 36.3 Å². The van der Waals surface area contributed by atoms with Gasteiger partial charge in [-0.2, -0.15) is 4.98 Å². The van der Waals surface area contributed by atoms with Crippen molar-refractivity contribution >= 4 is 28.6 Å². The first-order valence-electron chi connectivity index (χ1n) is 13.1. The number of hydrogen-bond donors (Lipinski definition) is 2. The minimum Gasteiger partial charge on any atom is -0.353 e. The maximum Gasteiger partial charge on any atom is 0.278 e. The van der Waals surface area contributed by atoms with Crippen LogP contribution in [0, 0.1) is 0 Å². The Morgan fingerprint density at radius 3 is 2.61 bits per heavy atom. The minimum absolute atomic E-state index is 0.00219. The van der Waals surface area contributed by atoms with Crippen LogP contribution in [0.2, 0.25) is 0 Å². The van der Waals surface area contributed by atoms with Crippen molar-refractivity contribution in [3.8, 4) is 5.69 Å². The Morgan fingerprint density at radius 1 is 1.11 bits per heavy atom. The van der Waals surface area contributed by atoms with E-state index in [0.29, 0.717) is 17.0 Å². The molecule has 9 heteroatoms. The highest BCUT2D eigenvalue weighted by molar-refractivity contribution is 5.77. The number of aromatic nitrogens is 5. The van der Waals surface area contributed by atoms with Crippen LogP contribution in [0.25, 0.3) is 16.7 Å². The van der Waals surface area contributed by atoms with Gasteiger partial charge in [0.1, 0.15) is 5.39 Å². The monoisotopic (exact) mass is 513 g/mol. The van der Waals surface area contributed by atoms with Gasteiger partial charge in [-0.3, -0.25) is 14.6 Å². The van der Waals surface area contributed by atoms with Crippen molar-refractivity contribution in [1.29, 1.82) is 0 Å². The normalized spacial score (nSPS) is 15.5. The second-order valence-corrected chi connectivity index (χ2v) is 11.4. The number of carbonyl (C=O) groups excluding carboxylic acids is 1. The Morgan fingerprint density at radius 2 is 1.89 bits per heavy atom. The Bertz CT molecular complexity index is 1580. The van der Waals surface area contributed by atoms with Crippen LogP contribution < -0.4 is 16.2 Å². The lowest BCUT2D eigenvalue weighted by molar-refractivity contribution is -0.119. The van der Waals surface area contributed by atoms with E-state index in [2.05, 4.69) is 53.5 Å². The van der Waals surface area contributed by atoms with Gasteiger partial charge in [-0.15, -0.1) is 0 Å². The molecule has 3 heterocycles. The van der Waals surface area contributed by atoms with Crippen molar-refractivity contribution in [3.63, 3.8) is 0 Å². The first kappa shape index (κ1) is 25.6. The van der Waals surface area contributed by atoms with Gasteiger partial charge in [0, 0.05) is 48.2 Å². The Balaban J connectivity index is 1.55. The van der Waals surface area contributed by atoms with E-state index in [1.807, 2.05) is 36.7 Å². The fraction of sp³-hybridized carbons (Fsp3) is 0.414. The summed E-state index contributed by atoms with van der Waals surface area (Å²) in [7, 11) is 0. The van der Waals surface area contributed by atoms with Gasteiger partial charge < -0.3 is 10.6 Å². The number of carbonyl (C=O) groups is 1. The smallest absolute Gasteiger partial charge is 0.278 e. The first-order valence-corrected chi connectivity index (χ1v) is 13.1. The van der Waals surface area contributed by atoms with Crippen molar-refractivity contribution in [1.82, 2.24) is 29.6 Å². The summed E-state index contributed by atoms with van der Waals surface area (Å²) in [6.45, 7) is 11.9. The molecule has 0 saturated heterocycles. The Labute approximate surface area is 222 Å². The third-order valence-electron chi connectivity index (χ3n) is 6.97. The standard InChI is InChI=1S/C29H35N7O2/c1-17(2)35-27(38)24-16-31-28(34-26(24)36(35)23-11-12-30-25(15-23)29(4,5)6)33-22-10-8-19-7-9-21(32-18(3)37)13-20(19)14-22/h8,10-12,14-17,21H,7,9,13H2,1-6H3,(H,32,37)(H,31,33,34). The predicted octanol–water partition coefficient (Wildman–Crippen LogP) is 4.59. The minimum atomic E-state index is -0.144. The van der Waals surface area contributed by atoms with Gasteiger partial charge in [-0.1, -0.05) is 26.8 Å². The molecule has 1 aliphatic rings. The number of aryl methyl sites for hydroxylation is 1. The molecular formula is C29H35N7O2. The zero-order valence-corrected chi connectivity index (χ0v) is 22.9. The summed E-state index contributed by atoms with van der Waals surface area (Å²) < 4.78 is 3.59. The summed E-state index contributed by atoms with van der Waals surface area (Å²) in [5.74, 6) is 0.407. The lowest BCUT2D eigenvalue weighted by Gasteiger charge is -2.25. The number of rotatable bonds is 5. The molecule has 1 unspecified atom stereocenters. The van der Waals surface area contributed by atoms with Crippen LogP contribution in [0.5, 0.6) is 0 Å². The molecule has 2 N–H and O–H groups in total. The van der Waals surface area contributed by atoms with E-state index in [-0.39, 0.29) is 29.0 Å². The van der Waals surface area contributed by atoms with Gasteiger partial charge in [0.15, 0.2) is 5.65 Å². The summed E-state index contributed by atoms with van der Waals surface area (Å²) in [6, 6.07) is 10.2. The SMILES string of the molecule is CC(=O)NC1CCc2ccc(Nc3ncc4c(=O)n(C(C)C)n(-c5ccnc(C(C)(C)C)c5)c4n3)cc2C1. The average molecular weight is 514 g/mol. The molecule has 9 nitrogen and oxygen atoms in total. The molecule has 0 radical (unpaired) electrons. The molecule has 3 aromatic heterocycles. The predicted molar refractivity (Wildman–Crippen MR) is 149 cm³/mol. The van der Waals surface area contributed by atoms with Crippen molar-refractivity contribution in [2.24, 2.45) is 0 Å². The molecule has 0 aliphatic heterocycles. The second-order valence-electron chi connectivity index (χ2n) is 11.4. The van der Waals surface area contributed by atoms with Crippen LogP contribution in [0.3, 0.4) is 0 Å². The number of nitrogens with one attached hydrogen (secondary N) is 2. The number of anilines is 2. The molecule has 0 saturated carbocycles. The molecule has 1 aliphatic carbocycles. The molecular weight excluding hydrogens is 478 g/mol. The maximum absolute atomic E-state index is 13.4. The number of amides is 1. The lowest BCUT2D eigenvalue weighted by atomic mass is 9.88. The van der Waals surface area contributed by atoms with Gasteiger partial charge in [0.05, 0.1) is 5.69 Å². The van der Waals surface area contributed by atoms with Crippen LogP contribution in [0.1, 0.15) is 70.8 Å². The topological polar surface area (TPSA) is 107 Å². The first-order chi connectivity index (χ1) is 18.0. The molecule has 1 amide bonds. The lowest BCUT2D eigenvalue weighted by Crippen LogP contribution is -2.37. The summed E-state index contributed by atoms with van der Waals surface area (Å²) in [5.41, 5.74) is 5.38. The molecule has 1 aromatic carbocycles. The quantitative estimate of drug-likeness (QED) is 0.404. The van der Waals surface area contributed by atoms with Crippen molar-refractivity contribution in [2.75, 3.05) is 5.32 Å². The fourth-order valence-electron chi connectivity index (χ4n) is 5.11. The average Bonchev–Trinajstić information content (AvgIpc) is 3.15. The van der Waals surface area contributed by atoms with Crippen LogP contribution in [-0.2, 0) is 23.1 Å². The summed E-state index contributed by atoms with van der Waals surface area (Å²) in [4.78, 5) is 38.8. The molecule has 198 valence electrons. The van der Waals surface area contributed by atoms with Crippen molar-refractivity contribution in [3.05, 3.63) is 69.9 Å². The van der Waals surface area contributed by atoms with Gasteiger partial charge in [-0.25, -0.2) is 14.3 Å². The van der Waals surface area contributed by atoms with Gasteiger partial charge in [0.25, 0.3) is 5.56 Å². The Hall–Kier alpha value is -4.01. The van der Waals surface area contributed by atoms with Crippen LogP contribution in [0.4, 0.5) is 11.6 Å². The molecule has 5 rings (SSSR count). The zero-order valence-electron chi connectivity index (χ0n) is 22.9. The Kier molecular flexibility index (Phi) is 6.54. The third kappa shape index (κ3) is 4.92. The molecule has 4 aromatic rings.